The molecule has 0 spiro atoms. The number of rotatable bonds is 5. The Kier molecular flexibility index (Phi) is 5.19. The van der Waals surface area contributed by atoms with Gasteiger partial charge in [-0.2, -0.15) is 0 Å². The Morgan fingerprint density at radius 2 is 2.16 bits per heavy atom. The Bertz CT molecular complexity index is 779. The zero-order valence-electron chi connectivity index (χ0n) is 13.7. The van der Waals surface area contributed by atoms with Gasteiger partial charge in [-0.15, -0.1) is 0 Å². The molecule has 1 unspecified atom stereocenters. The van der Waals surface area contributed by atoms with Gasteiger partial charge in [0.2, 0.25) is 11.8 Å². The number of amides is 2. The van der Waals surface area contributed by atoms with Crippen molar-refractivity contribution in [2.75, 3.05) is 23.4 Å². The van der Waals surface area contributed by atoms with Crippen molar-refractivity contribution in [2.45, 2.75) is 13.3 Å². The van der Waals surface area contributed by atoms with E-state index in [0.29, 0.717) is 35.4 Å². The normalized spacial score (nSPS) is 16.8. The summed E-state index contributed by atoms with van der Waals surface area (Å²) in [4.78, 5) is 30.5. The third-order valence-corrected chi connectivity index (χ3v) is 4.15. The number of anilines is 2. The lowest BCUT2D eigenvalue weighted by Crippen LogP contribution is -2.28. The molecule has 7 heteroatoms. The number of nitrogens with one attached hydrogen (secondary N) is 1. The molecule has 1 aromatic heterocycles. The summed E-state index contributed by atoms with van der Waals surface area (Å²) in [5, 5.41) is 3.22. The monoisotopic (exact) mass is 359 g/mol. The molecule has 0 bridgehead atoms. The summed E-state index contributed by atoms with van der Waals surface area (Å²) in [6, 6.07) is 10.6. The van der Waals surface area contributed by atoms with Gasteiger partial charge in [-0.05, 0) is 31.2 Å². The fourth-order valence-electron chi connectivity index (χ4n) is 2.75. The first kappa shape index (κ1) is 17.2. The van der Waals surface area contributed by atoms with E-state index in [9.17, 15) is 9.59 Å². The number of para-hydroxylation sites is 2. The van der Waals surface area contributed by atoms with Crippen molar-refractivity contribution >= 4 is 34.9 Å². The maximum atomic E-state index is 12.4. The van der Waals surface area contributed by atoms with Gasteiger partial charge in [-0.1, -0.05) is 23.7 Å². The summed E-state index contributed by atoms with van der Waals surface area (Å²) < 4.78 is 5.58. The van der Waals surface area contributed by atoms with Crippen molar-refractivity contribution in [3.63, 3.8) is 0 Å². The van der Waals surface area contributed by atoms with Crippen molar-refractivity contribution in [1.29, 1.82) is 0 Å². The van der Waals surface area contributed by atoms with Gasteiger partial charge in [0.15, 0.2) is 0 Å². The molecule has 2 amide bonds. The molecule has 2 heterocycles. The van der Waals surface area contributed by atoms with E-state index in [-0.39, 0.29) is 18.2 Å². The first-order valence-corrected chi connectivity index (χ1v) is 8.41. The maximum Gasteiger partial charge on any atom is 0.230 e. The zero-order chi connectivity index (χ0) is 17.8. The van der Waals surface area contributed by atoms with Crippen molar-refractivity contribution in [3.05, 3.63) is 47.6 Å². The smallest absolute Gasteiger partial charge is 0.230 e. The summed E-state index contributed by atoms with van der Waals surface area (Å²) in [6.07, 6.45) is 1.61. The zero-order valence-corrected chi connectivity index (χ0v) is 14.5. The lowest BCUT2D eigenvalue weighted by molar-refractivity contribution is -0.122. The van der Waals surface area contributed by atoms with Gasteiger partial charge in [0.1, 0.15) is 11.6 Å². The van der Waals surface area contributed by atoms with Crippen molar-refractivity contribution in [1.82, 2.24) is 4.98 Å². The van der Waals surface area contributed by atoms with Crippen LogP contribution < -0.4 is 15.0 Å². The van der Waals surface area contributed by atoms with Crippen LogP contribution in [0.4, 0.5) is 11.5 Å². The van der Waals surface area contributed by atoms with Gasteiger partial charge in [0.05, 0.1) is 23.2 Å². The number of hydrogen-bond donors (Lipinski definition) is 1. The van der Waals surface area contributed by atoms with Crippen LogP contribution in [0.5, 0.6) is 5.75 Å². The van der Waals surface area contributed by atoms with Gasteiger partial charge in [-0.3, -0.25) is 9.59 Å². The second-order valence-electron chi connectivity index (χ2n) is 5.66. The van der Waals surface area contributed by atoms with E-state index in [4.69, 9.17) is 16.3 Å². The number of nitrogens with zero attached hydrogens (tertiary/aromatic N) is 2. The van der Waals surface area contributed by atoms with Gasteiger partial charge in [0, 0.05) is 19.2 Å². The molecule has 130 valence electrons. The minimum Gasteiger partial charge on any atom is -0.492 e. The molecule has 0 saturated carbocycles. The molecule has 1 aromatic carbocycles. The first-order chi connectivity index (χ1) is 12.1. The molecular formula is C18H18ClN3O3. The number of carbonyl (C=O) groups is 2. The largest absolute Gasteiger partial charge is 0.492 e. The SMILES string of the molecule is CCOc1ccccc1N1CC(C(=O)Nc2ccc(Cl)cn2)CC1=O. The molecule has 3 rings (SSSR count). The lowest BCUT2D eigenvalue weighted by Gasteiger charge is -2.20. The van der Waals surface area contributed by atoms with Gasteiger partial charge in [0.25, 0.3) is 0 Å². The highest BCUT2D eigenvalue weighted by Gasteiger charge is 2.36. The fourth-order valence-corrected chi connectivity index (χ4v) is 2.86. The molecule has 1 saturated heterocycles. The van der Waals surface area contributed by atoms with E-state index >= 15 is 0 Å². The van der Waals surface area contributed by atoms with E-state index in [2.05, 4.69) is 10.3 Å². The molecule has 25 heavy (non-hydrogen) atoms. The highest BCUT2D eigenvalue weighted by atomic mass is 35.5. The number of carbonyl (C=O) groups excluding carboxylic acids is 2. The summed E-state index contributed by atoms with van der Waals surface area (Å²) >= 11 is 5.78. The van der Waals surface area contributed by atoms with E-state index in [0.717, 1.165) is 0 Å². The third kappa shape index (κ3) is 3.91. The Morgan fingerprint density at radius 1 is 1.36 bits per heavy atom. The van der Waals surface area contributed by atoms with Crippen LogP contribution in [0.2, 0.25) is 5.02 Å². The Labute approximate surface area is 150 Å². The minimum atomic E-state index is -0.445. The van der Waals surface area contributed by atoms with Crippen LogP contribution in [-0.4, -0.2) is 29.9 Å². The van der Waals surface area contributed by atoms with Gasteiger partial charge < -0.3 is 15.0 Å². The second kappa shape index (κ2) is 7.53. The van der Waals surface area contributed by atoms with Crippen LogP contribution in [0.15, 0.2) is 42.6 Å². The second-order valence-corrected chi connectivity index (χ2v) is 6.09. The number of aromatic nitrogens is 1. The summed E-state index contributed by atoms with van der Waals surface area (Å²) in [7, 11) is 0. The standard InChI is InChI=1S/C18H18ClN3O3/c1-2-25-15-6-4-3-5-14(15)22-11-12(9-17(22)23)18(24)21-16-8-7-13(19)10-20-16/h3-8,10,12H,2,9,11H2,1H3,(H,20,21,24). The molecule has 2 aromatic rings. The number of benzene rings is 1. The van der Waals surface area contributed by atoms with Crippen LogP contribution in [0.3, 0.4) is 0 Å². The van der Waals surface area contributed by atoms with Crippen LogP contribution in [0.1, 0.15) is 13.3 Å². The topological polar surface area (TPSA) is 71.5 Å². The number of hydrogen-bond acceptors (Lipinski definition) is 4. The summed E-state index contributed by atoms with van der Waals surface area (Å²) in [5.74, 6) is 0.268. The molecular weight excluding hydrogens is 342 g/mol. The van der Waals surface area contributed by atoms with Crippen LogP contribution in [0.25, 0.3) is 0 Å². The quantitative estimate of drug-likeness (QED) is 0.890. The molecule has 0 aliphatic carbocycles. The average Bonchev–Trinajstić information content (AvgIpc) is 2.99. The van der Waals surface area contributed by atoms with Crippen LogP contribution in [0, 0.1) is 5.92 Å². The molecule has 1 aliphatic rings. The molecule has 0 radical (unpaired) electrons. The summed E-state index contributed by atoms with van der Waals surface area (Å²) in [6.45, 7) is 2.70. The van der Waals surface area contributed by atoms with E-state index in [1.807, 2.05) is 31.2 Å². The summed E-state index contributed by atoms with van der Waals surface area (Å²) in [5.41, 5.74) is 0.689. The number of ether oxygens (including phenoxy) is 1. The molecule has 1 N–H and O–H groups in total. The van der Waals surface area contributed by atoms with Crippen LogP contribution in [-0.2, 0) is 9.59 Å². The van der Waals surface area contributed by atoms with Gasteiger partial charge in [-0.25, -0.2) is 4.98 Å². The molecule has 1 atom stereocenters. The van der Waals surface area contributed by atoms with E-state index in [1.54, 1.807) is 17.0 Å². The Morgan fingerprint density at radius 3 is 2.88 bits per heavy atom. The highest BCUT2D eigenvalue weighted by Crippen LogP contribution is 2.33. The van der Waals surface area contributed by atoms with Gasteiger partial charge >= 0.3 is 0 Å². The number of pyridine rings is 1. The van der Waals surface area contributed by atoms with Crippen molar-refractivity contribution in [2.24, 2.45) is 5.92 Å². The average molecular weight is 360 g/mol. The maximum absolute atomic E-state index is 12.4. The van der Waals surface area contributed by atoms with Crippen molar-refractivity contribution in [3.8, 4) is 5.75 Å². The number of halogens is 1. The predicted octanol–water partition coefficient (Wildman–Crippen LogP) is 3.13. The van der Waals surface area contributed by atoms with Crippen LogP contribution >= 0.6 is 11.6 Å². The first-order valence-electron chi connectivity index (χ1n) is 8.03. The molecule has 1 aliphatic heterocycles. The Balaban J connectivity index is 1.72. The van der Waals surface area contributed by atoms with E-state index in [1.165, 1.54) is 6.20 Å². The fraction of sp³-hybridized carbons (Fsp3) is 0.278. The predicted molar refractivity (Wildman–Crippen MR) is 95.9 cm³/mol. The molecule has 1 fully saturated rings. The van der Waals surface area contributed by atoms with E-state index < -0.39 is 5.92 Å². The Hall–Kier alpha value is -2.60. The lowest BCUT2D eigenvalue weighted by atomic mass is 10.1. The third-order valence-electron chi connectivity index (χ3n) is 3.93. The minimum absolute atomic E-state index is 0.101. The highest BCUT2D eigenvalue weighted by molar-refractivity contribution is 6.30. The van der Waals surface area contributed by atoms with Crippen molar-refractivity contribution < 1.29 is 14.3 Å². The molecule has 6 nitrogen and oxygen atoms in total.